The number of carbonyl (C=O) groups is 2. The van der Waals surface area contributed by atoms with E-state index in [1.165, 1.54) is 4.31 Å². The Morgan fingerprint density at radius 2 is 2.33 bits per heavy atom. The second-order valence-corrected chi connectivity index (χ2v) is 6.29. The minimum Gasteiger partial charge on any atom is -0.481 e. The first kappa shape index (κ1) is 13.8. The molecule has 2 rings (SSSR count). The number of carbonyl (C=O) groups excluding carboxylic acids is 1. The van der Waals surface area contributed by atoms with Crippen molar-refractivity contribution in [2.75, 3.05) is 5.75 Å². The average Bonchev–Trinajstić information content (AvgIpc) is 2.82. The Balaban J connectivity index is 1.83. The summed E-state index contributed by atoms with van der Waals surface area (Å²) < 4.78 is 10.5. The van der Waals surface area contributed by atoms with Gasteiger partial charge in [0, 0.05) is 17.4 Å². The molecule has 2 aliphatic heterocycles. The van der Waals surface area contributed by atoms with Gasteiger partial charge >= 0.3 is 12.0 Å². The highest BCUT2D eigenvalue weighted by Crippen LogP contribution is 2.39. The van der Waals surface area contributed by atoms with E-state index < -0.39 is 5.97 Å². The van der Waals surface area contributed by atoms with Crippen molar-refractivity contribution < 1.29 is 19.2 Å². The van der Waals surface area contributed by atoms with Crippen molar-refractivity contribution in [3.05, 3.63) is 0 Å². The Bertz CT molecular complexity index is 342. The predicted molar refractivity (Wildman–Crippen MR) is 70.5 cm³/mol. The number of hydrogen-bond donors (Lipinski definition) is 3. The summed E-state index contributed by atoms with van der Waals surface area (Å²) in [4.78, 5) is 21.9. The first-order valence-electron chi connectivity index (χ1n) is 5.88. The lowest BCUT2D eigenvalue weighted by atomic mass is 10.0. The average molecular weight is 292 g/mol. The van der Waals surface area contributed by atoms with E-state index in [9.17, 15) is 9.59 Å². The van der Waals surface area contributed by atoms with E-state index >= 15 is 0 Å². The van der Waals surface area contributed by atoms with Gasteiger partial charge in [0.1, 0.15) is 12.2 Å². The standard InChI is InChI=1S/C10H16N2O4S2/c13-8(14)4-2-1-3-7-9-6(5-17-7)11-10(15)12(9)18-16/h6-7,9,16H,1-5H2,(H,11,15)(H,13,14)/t6-,7-,9-/m1/s1. The van der Waals surface area contributed by atoms with E-state index in [1.54, 1.807) is 11.8 Å². The van der Waals surface area contributed by atoms with Crippen LogP contribution in [0.15, 0.2) is 0 Å². The van der Waals surface area contributed by atoms with Crippen molar-refractivity contribution in [1.82, 2.24) is 9.62 Å². The maximum atomic E-state index is 11.5. The number of nitrogens with one attached hydrogen (secondary N) is 1. The summed E-state index contributed by atoms with van der Waals surface area (Å²) in [6.07, 6.45) is 2.58. The molecule has 0 spiro atoms. The first-order chi connectivity index (χ1) is 8.63. The molecule has 0 saturated carbocycles. The normalized spacial score (nSPS) is 30.4. The van der Waals surface area contributed by atoms with Crippen LogP contribution in [0.25, 0.3) is 0 Å². The fourth-order valence-electron chi connectivity index (χ4n) is 2.45. The van der Waals surface area contributed by atoms with Gasteiger partial charge in [-0.3, -0.25) is 4.79 Å². The molecule has 2 amide bonds. The fraction of sp³-hybridized carbons (Fsp3) is 0.800. The number of urea groups is 1. The molecule has 0 aromatic heterocycles. The summed E-state index contributed by atoms with van der Waals surface area (Å²) in [6, 6.07) is -0.109. The Morgan fingerprint density at radius 3 is 3.00 bits per heavy atom. The molecular weight excluding hydrogens is 276 g/mol. The molecule has 6 nitrogen and oxygen atoms in total. The topological polar surface area (TPSA) is 89.9 Å². The lowest BCUT2D eigenvalue weighted by Gasteiger charge is -2.23. The molecule has 8 heteroatoms. The van der Waals surface area contributed by atoms with Crippen LogP contribution in [-0.4, -0.2) is 49.1 Å². The summed E-state index contributed by atoms with van der Waals surface area (Å²) in [5.74, 6) is 0.0917. The molecule has 0 unspecified atom stereocenters. The van der Waals surface area contributed by atoms with E-state index in [0.717, 1.165) is 18.6 Å². The maximum Gasteiger partial charge on any atom is 0.329 e. The fourth-order valence-corrected chi connectivity index (χ4v) is 4.63. The summed E-state index contributed by atoms with van der Waals surface area (Å²) in [6.45, 7) is 0. The van der Waals surface area contributed by atoms with Crippen molar-refractivity contribution in [2.24, 2.45) is 0 Å². The predicted octanol–water partition coefficient (Wildman–Crippen LogP) is 1.63. The Labute approximate surface area is 114 Å². The Hall–Kier alpha value is -0.600. The second-order valence-electron chi connectivity index (χ2n) is 4.47. The van der Waals surface area contributed by atoms with Gasteiger partial charge in [0.2, 0.25) is 0 Å². The van der Waals surface area contributed by atoms with Gasteiger partial charge in [-0.25, -0.2) is 9.10 Å². The Kier molecular flexibility index (Phi) is 4.63. The molecule has 2 saturated heterocycles. The van der Waals surface area contributed by atoms with Crippen LogP contribution in [0.5, 0.6) is 0 Å². The van der Waals surface area contributed by atoms with Crippen LogP contribution in [0.3, 0.4) is 0 Å². The third kappa shape index (κ3) is 2.86. The lowest BCUT2D eigenvalue weighted by Crippen LogP contribution is -2.36. The van der Waals surface area contributed by atoms with Gasteiger partial charge in [-0.1, -0.05) is 6.42 Å². The third-order valence-corrected chi connectivity index (χ3v) is 5.36. The molecule has 0 aromatic rings. The minimum atomic E-state index is -0.766. The van der Waals surface area contributed by atoms with E-state index in [1.807, 2.05) is 0 Å². The van der Waals surface area contributed by atoms with Crippen LogP contribution in [-0.2, 0) is 4.79 Å². The number of nitrogens with zero attached hydrogens (tertiary/aromatic N) is 1. The highest BCUT2D eigenvalue weighted by molar-refractivity contribution is 8.00. The van der Waals surface area contributed by atoms with Crippen LogP contribution >= 0.6 is 24.0 Å². The van der Waals surface area contributed by atoms with E-state index in [-0.39, 0.29) is 29.8 Å². The quantitative estimate of drug-likeness (QED) is 0.298. The van der Waals surface area contributed by atoms with Crippen molar-refractivity contribution in [3.8, 4) is 0 Å². The van der Waals surface area contributed by atoms with Crippen molar-refractivity contribution in [3.63, 3.8) is 0 Å². The van der Waals surface area contributed by atoms with E-state index in [4.69, 9.17) is 9.66 Å². The first-order valence-corrected chi connectivity index (χ1v) is 7.66. The number of hydrogen-bond acceptors (Lipinski definition) is 5. The molecule has 3 atom stereocenters. The molecule has 0 bridgehead atoms. The second kappa shape index (κ2) is 6.03. The van der Waals surface area contributed by atoms with Crippen LogP contribution in [0.2, 0.25) is 0 Å². The van der Waals surface area contributed by atoms with Crippen molar-refractivity contribution in [1.29, 1.82) is 0 Å². The SMILES string of the molecule is O=C(O)CCCC[C@H]1SC[C@H]2NC(=O)N(SO)[C@H]21. The molecule has 3 N–H and O–H groups in total. The monoisotopic (exact) mass is 292 g/mol. The number of rotatable bonds is 6. The van der Waals surface area contributed by atoms with Crippen LogP contribution in [0, 0.1) is 0 Å². The molecule has 0 aliphatic carbocycles. The van der Waals surface area contributed by atoms with Gasteiger partial charge in [-0.2, -0.15) is 11.8 Å². The number of fused-ring (bicyclic) bond motifs is 1. The smallest absolute Gasteiger partial charge is 0.329 e. The van der Waals surface area contributed by atoms with E-state index in [2.05, 4.69) is 5.32 Å². The van der Waals surface area contributed by atoms with Crippen molar-refractivity contribution in [2.45, 2.75) is 43.0 Å². The van der Waals surface area contributed by atoms with Crippen LogP contribution in [0.1, 0.15) is 25.7 Å². The summed E-state index contributed by atoms with van der Waals surface area (Å²) in [7, 11) is 0. The van der Waals surface area contributed by atoms with Gasteiger partial charge in [0.05, 0.1) is 12.1 Å². The number of carboxylic acids is 1. The largest absolute Gasteiger partial charge is 0.481 e. The van der Waals surface area contributed by atoms with Gasteiger partial charge in [0.25, 0.3) is 0 Å². The van der Waals surface area contributed by atoms with Crippen molar-refractivity contribution >= 4 is 36.0 Å². The lowest BCUT2D eigenvalue weighted by molar-refractivity contribution is -0.137. The molecule has 2 aliphatic rings. The van der Waals surface area contributed by atoms with Gasteiger partial charge in [-0.15, -0.1) is 0 Å². The molecule has 18 heavy (non-hydrogen) atoms. The van der Waals surface area contributed by atoms with Gasteiger partial charge in [-0.05, 0) is 12.8 Å². The highest BCUT2D eigenvalue weighted by Gasteiger charge is 2.48. The van der Waals surface area contributed by atoms with Gasteiger partial charge < -0.3 is 15.0 Å². The Morgan fingerprint density at radius 1 is 1.56 bits per heavy atom. The van der Waals surface area contributed by atoms with Gasteiger partial charge in [0.15, 0.2) is 0 Å². The molecule has 2 heterocycles. The highest BCUT2D eigenvalue weighted by atomic mass is 32.2. The summed E-state index contributed by atoms with van der Waals surface area (Å²) in [5.41, 5.74) is 0. The maximum absolute atomic E-state index is 11.5. The summed E-state index contributed by atoms with van der Waals surface area (Å²) in [5, 5.41) is 11.7. The number of carboxylic acid groups (broad SMARTS) is 1. The molecule has 0 radical (unpaired) electrons. The molecule has 0 aromatic carbocycles. The number of thioether (sulfide) groups is 1. The van der Waals surface area contributed by atoms with Crippen LogP contribution < -0.4 is 5.32 Å². The number of amides is 2. The number of aliphatic carboxylic acids is 1. The van der Waals surface area contributed by atoms with Crippen LogP contribution in [0.4, 0.5) is 4.79 Å². The molecule has 102 valence electrons. The molecular formula is C10H16N2O4S2. The summed E-state index contributed by atoms with van der Waals surface area (Å²) >= 11 is 2.26. The third-order valence-electron chi connectivity index (χ3n) is 3.28. The zero-order chi connectivity index (χ0) is 13.1. The molecule has 2 fully saturated rings. The zero-order valence-corrected chi connectivity index (χ0v) is 11.4. The zero-order valence-electron chi connectivity index (χ0n) is 9.74. The van der Waals surface area contributed by atoms with E-state index in [0.29, 0.717) is 18.6 Å². The minimum absolute atomic E-state index is 0.0160. The number of unbranched alkanes of at least 4 members (excludes halogenated alkanes) is 1.